The number of likely N-dealkylation sites (N-methyl/N-ethyl adjacent to an activating group) is 1. The maximum Gasteiger partial charge on any atom is 0.225 e. The molecule has 0 unspecified atom stereocenters. The van der Waals surface area contributed by atoms with Crippen molar-refractivity contribution in [3.05, 3.63) is 48.4 Å². The third kappa shape index (κ3) is 2.95. The van der Waals surface area contributed by atoms with E-state index in [2.05, 4.69) is 56.1 Å². The molecule has 0 spiro atoms. The average molecular weight is 319 g/mol. The third-order valence-corrected chi connectivity index (χ3v) is 4.59. The zero-order valence-electron chi connectivity index (χ0n) is 14.1. The number of aromatic nitrogens is 3. The number of piperazine rings is 1. The second-order valence-corrected chi connectivity index (χ2v) is 6.42. The van der Waals surface area contributed by atoms with Crippen LogP contribution in [-0.4, -0.2) is 53.1 Å². The molecular weight excluding hydrogens is 298 g/mol. The van der Waals surface area contributed by atoms with E-state index in [0.717, 1.165) is 59.9 Å². The van der Waals surface area contributed by atoms with E-state index in [0.29, 0.717) is 0 Å². The molecule has 1 saturated heterocycles. The van der Waals surface area contributed by atoms with Crippen LogP contribution in [0.15, 0.2) is 42.7 Å². The average Bonchev–Trinajstić information content (AvgIpc) is 2.62. The highest BCUT2D eigenvalue weighted by Gasteiger charge is 2.16. The summed E-state index contributed by atoms with van der Waals surface area (Å²) >= 11 is 0. The molecule has 0 saturated carbocycles. The molecule has 1 aliphatic rings. The van der Waals surface area contributed by atoms with E-state index in [1.54, 1.807) is 0 Å². The summed E-state index contributed by atoms with van der Waals surface area (Å²) in [6.07, 6.45) is 3.83. The molecule has 4 rings (SSSR count). The lowest BCUT2D eigenvalue weighted by Gasteiger charge is -2.32. The van der Waals surface area contributed by atoms with Gasteiger partial charge < -0.3 is 9.80 Å². The largest absolute Gasteiger partial charge is 0.338 e. The lowest BCUT2D eigenvalue weighted by Crippen LogP contribution is -2.45. The Morgan fingerprint density at radius 3 is 2.33 bits per heavy atom. The number of hydrogen-bond acceptors (Lipinski definition) is 5. The van der Waals surface area contributed by atoms with Gasteiger partial charge in [-0.05, 0) is 31.7 Å². The molecule has 2 aromatic heterocycles. The van der Waals surface area contributed by atoms with Gasteiger partial charge in [-0.15, -0.1) is 0 Å². The standard InChI is InChI=1S/C19H21N5/c1-14-3-4-15-5-6-16(11-18(15)22-14)17-12-20-19(21-13-17)24-9-7-23(2)8-10-24/h3-6,11-13H,7-10H2,1-2H3. The topological polar surface area (TPSA) is 45.2 Å². The van der Waals surface area contributed by atoms with Crippen LogP contribution in [0.4, 0.5) is 5.95 Å². The maximum absolute atomic E-state index is 4.61. The number of fused-ring (bicyclic) bond motifs is 1. The van der Waals surface area contributed by atoms with Crippen molar-refractivity contribution in [1.82, 2.24) is 19.9 Å². The highest BCUT2D eigenvalue weighted by molar-refractivity contribution is 5.84. The van der Waals surface area contributed by atoms with Crippen LogP contribution in [-0.2, 0) is 0 Å². The SMILES string of the molecule is Cc1ccc2ccc(-c3cnc(N4CCN(C)CC4)nc3)cc2n1. The first kappa shape index (κ1) is 15.0. The maximum atomic E-state index is 4.61. The van der Waals surface area contributed by atoms with E-state index < -0.39 is 0 Å². The Kier molecular flexibility index (Phi) is 3.86. The number of hydrogen-bond donors (Lipinski definition) is 0. The van der Waals surface area contributed by atoms with E-state index in [9.17, 15) is 0 Å². The van der Waals surface area contributed by atoms with Gasteiger partial charge in [0.15, 0.2) is 0 Å². The number of anilines is 1. The van der Waals surface area contributed by atoms with Crippen molar-refractivity contribution < 1.29 is 0 Å². The van der Waals surface area contributed by atoms with Gasteiger partial charge in [0.1, 0.15) is 0 Å². The van der Waals surface area contributed by atoms with Gasteiger partial charge >= 0.3 is 0 Å². The number of nitrogens with zero attached hydrogens (tertiary/aromatic N) is 5. The normalized spacial score (nSPS) is 15.8. The molecule has 5 heteroatoms. The molecule has 1 fully saturated rings. The molecule has 0 aliphatic carbocycles. The van der Waals surface area contributed by atoms with Crippen LogP contribution < -0.4 is 4.90 Å². The summed E-state index contributed by atoms with van der Waals surface area (Å²) in [6.45, 7) is 6.09. The Labute approximate surface area is 142 Å². The van der Waals surface area contributed by atoms with Gasteiger partial charge in [-0.1, -0.05) is 18.2 Å². The molecule has 3 heterocycles. The summed E-state index contributed by atoms with van der Waals surface area (Å²) < 4.78 is 0. The zero-order chi connectivity index (χ0) is 16.5. The van der Waals surface area contributed by atoms with Crippen molar-refractivity contribution in [2.24, 2.45) is 0 Å². The van der Waals surface area contributed by atoms with Gasteiger partial charge in [-0.25, -0.2) is 9.97 Å². The lowest BCUT2D eigenvalue weighted by atomic mass is 10.1. The number of benzene rings is 1. The molecule has 5 nitrogen and oxygen atoms in total. The van der Waals surface area contributed by atoms with Gasteiger partial charge in [-0.2, -0.15) is 0 Å². The fourth-order valence-corrected chi connectivity index (χ4v) is 3.04. The van der Waals surface area contributed by atoms with Crippen LogP contribution in [0.1, 0.15) is 5.69 Å². The third-order valence-electron chi connectivity index (χ3n) is 4.59. The summed E-state index contributed by atoms with van der Waals surface area (Å²) in [4.78, 5) is 18.3. The van der Waals surface area contributed by atoms with Crippen LogP contribution >= 0.6 is 0 Å². The Balaban J connectivity index is 1.60. The highest BCUT2D eigenvalue weighted by atomic mass is 15.3. The Morgan fingerprint density at radius 1 is 0.875 bits per heavy atom. The van der Waals surface area contributed by atoms with Crippen molar-refractivity contribution in [3.63, 3.8) is 0 Å². The minimum Gasteiger partial charge on any atom is -0.338 e. The van der Waals surface area contributed by atoms with Crippen molar-refractivity contribution in [1.29, 1.82) is 0 Å². The molecular formula is C19H21N5. The zero-order valence-corrected chi connectivity index (χ0v) is 14.1. The molecule has 1 aromatic carbocycles. The Bertz CT molecular complexity index is 851. The van der Waals surface area contributed by atoms with Crippen molar-refractivity contribution in [2.45, 2.75) is 6.92 Å². The second kappa shape index (κ2) is 6.17. The van der Waals surface area contributed by atoms with E-state index in [1.807, 2.05) is 25.4 Å². The van der Waals surface area contributed by atoms with Gasteiger partial charge in [0.05, 0.1) is 5.52 Å². The fraction of sp³-hybridized carbons (Fsp3) is 0.316. The van der Waals surface area contributed by atoms with E-state index in [-0.39, 0.29) is 0 Å². The predicted molar refractivity (Wildman–Crippen MR) is 97.2 cm³/mol. The Hall–Kier alpha value is -2.53. The van der Waals surface area contributed by atoms with E-state index >= 15 is 0 Å². The second-order valence-electron chi connectivity index (χ2n) is 6.42. The van der Waals surface area contributed by atoms with Gasteiger partial charge in [0.25, 0.3) is 0 Å². The minimum absolute atomic E-state index is 0.821. The molecule has 0 radical (unpaired) electrons. The van der Waals surface area contributed by atoms with E-state index in [4.69, 9.17) is 0 Å². The Morgan fingerprint density at radius 2 is 1.58 bits per heavy atom. The van der Waals surface area contributed by atoms with Gasteiger partial charge in [-0.3, -0.25) is 4.98 Å². The van der Waals surface area contributed by atoms with Crippen LogP contribution in [0, 0.1) is 6.92 Å². The molecule has 3 aromatic rings. The fourth-order valence-electron chi connectivity index (χ4n) is 3.04. The van der Waals surface area contributed by atoms with Crippen molar-refractivity contribution >= 4 is 16.9 Å². The molecule has 0 bridgehead atoms. The van der Waals surface area contributed by atoms with Crippen molar-refractivity contribution in [3.8, 4) is 11.1 Å². The smallest absolute Gasteiger partial charge is 0.225 e. The first-order chi connectivity index (χ1) is 11.7. The lowest BCUT2D eigenvalue weighted by molar-refractivity contribution is 0.311. The molecule has 0 atom stereocenters. The van der Waals surface area contributed by atoms with Gasteiger partial charge in [0.2, 0.25) is 5.95 Å². The van der Waals surface area contributed by atoms with Crippen molar-refractivity contribution in [2.75, 3.05) is 38.1 Å². The van der Waals surface area contributed by atoms with Crippen LogP contribution in [0.5, 0.6) is 0 Å². The summed E-state index contributed by atoms with van der Waals surface area (Å²) in [5, 5.41) is 1.15. The number of aryl methyl sites for hydroxylation is 1. The van der Waals surface area contributed by atoms with Crippen LogP contribution in [0.3, 0.4) is 0 Å². The molecule has 1 aliphatic heterocycles. The predicted octanol–water partition coefficient (Wildman–Crippen LogP) is 2.75. The van der Waals surface area contributed by atoms with Crippen LogP contribution in [0.2, 0.25) is 0 Å². The van der Waals surface area contributed by atoms with E-state index in [1.165, 1.54) is 0 Å². The molecule has 24 heavy (non-hydrogen) atoms. The minimum atomic E-state index is 0.821. The van der Waals surface area contributed by atoms with Gasteiger partial charge in [0, 0.05) is 55.2 Å². The summed E-state index contributed by atoms with van der Waals surface area (Å²) in [7, 11) is 2.15. The summed E-state index contributed by atoms with van der Waals surface area (Å²) in [5.74, 6) is 0.821. The number of rotatable bonds is 2. The summed E-state index contributed by atoms with van der Waals surface area (Å²) in [6, 6.07) is 10.5. The molecule has 0 N–H and O–H groups in total. The van der Waals surface area contributed by atoms with Crippen LogP contribution in [0.25, 0.3) is 22.0 Å². The highest BCUT2D eigenvalue weighted by Crippen LogP contribution is 2.23. The summed E-state index contributed by atoms with van der Waals surface area (Å²) in [5.41, 5.74) is 4.17. The quantitative estimate of drug-likeness (QED) is 0.727. The molecule has 122 valence electrons. The number of pyridine rings is 1. The first-order valence-corrected chi connectivity index (χ1v) is 8.32. The first-order valence-electron chi connectivity index (χ1n) is 8.32. The monoisotopic (exact) mass is 319 g/mol. The molecule has 0 amide bonds.